The van der Waals surface area contributed by atoms with Crippen LogP contribution in [0.25, 0.3) is 0 Å². The molecule has 0 bridgehead atoms. The third-order valence-corrected chi connectivity index (χ3v) is 3.96. The van der Waals surface area contributed by atoms with Crippen LogP contribution < -0.4 is 5.32 Å². The molecule has 2 amide bonds. The van der Waals surface area contributed by atoms with Gasteiger partial charge >= 0.3 is 6.03 Å². The summed E-state index contributed by atoms with van der Waals surface area (Å²) < 4.78 is 1.96. The molecule has 1 aromatic heterocycles. The molecule has 1 aliphatic heterocycles. The minimum Gasteiger partial charge on any atom is -0.335 e. The second-order valence-electron chi connectivity index (χ2n) is 6.31. The maximum Gasteiger partial charge on any atom is 0.317 e. The van der Waals surface area contributed by atoms with E-state index in [-0.39, 0.29) is 6.03 Å². The number of carbonyl (C=O) groups is 1. The Morgan fingerprint density at radius 1 is 1.41 bits per heavy atom. The van der Waals surface area contributed by atoms with E-state index in [0.717, 1.165) is 44.1 Å². The molecule has 6 nitrogen and oxygen atoms in total. The zero-order valence-corrected chi connectivity index (χ0v) is 14.1. The lowest BCUT2D eigenvalue weighted by molar-refractivity contribution is 0.158. The van der Waals surface area contributed by atoms with E-state index in [9.17, 15) is 4.79 Å². The molecule has 1 fully saturated rings. The molecule has 2 heterocycles. The SMILES string of the molecule is CC(C)=CCNC(=O)N1CCCC(Cn2nc(C)nc2C)C1. The predicted molar refractivity (Wildman–Crippen MR) is 86.6 cm³/mol. The molecule has 0 radical (unpaired) electrons. The molecule has 6 heteroatoms. The summed E-state index contributed by atoms with van der Waals surface area (Å²) in [6.07, 6.45) is 4.21. The van der Waals surface area contributed by atoms with E-state index < -0.39 is 0 Å². The number of urea groups is 1. The van der Waals surface area contributed by atoms with Crippen LogP contribution in [-0.2, 0) is 6.54 Å². The number of aryl methyl sites for hydroxylation is 2. The smallest absolute Gasteiger partial charge is 0.317 e. The first kappa shape index (κ1) is 16.5. The van der Waals surface area contributed by atoms with E-state index in [0.29, 0.717) is 12.5 Å². The van der Waals surface area contributed by atoms with Gasteiger partial charge in [0.25, 0.3) is 0 Å². The highest BCUT2D eigenvalue weighted by Gasteiger charge is 2.24. The third kappa shape index (κ3) is 4.58. The monoisotopic (exact) mass is 305 g/mol. The molecule has 1 saturated heterocycles. The molecule has 122 valence electrons. The first-order chi connectivity index (χ1) is 10.5. The highest BCUT2D eigenvalue weighted by atomic mass is 16.2. The quantitative estimate of drug-likeness (QED) is 0.868. The van der Waals surface area contributed by atoms with Crippen molar-refractivity contribution in [3.8, 4) is 0 Å². The lowest BCUT2D eigenvalue weighted by Crippen LogP contribution is -2.46. The Kier molecular flexibility index (Phi) is 5.57. The minimum absolute atomic E-state index is 0.0358. The Labute approximate surface area is 132 Å². The molecular weight excluding hydrogens is 278 g/mol. The standard InChI is InChI=1S/C16H27N5O/c1-12(2)7-8-17-16(22)20-9-5-6-15(10-20)11-21-14(4)18-13(3)19-21/h7,15H,5-6,8-11H2,1-4H3,(H,17,22). The molecular formula is C16H27N5O. The maximum atomic E-state index is 12.2. The number of nitrogens with zero attached hydrogens (tertiary/aromatic N) is 4. The van der Waals surface area contributed by atoms with Gasteiger partial charge in [-0.25, -0.2) is 14.5 Å². The number of allylic oxidation sites excluding steroid dienone is 1. The average Bonchev–Trinajstić information content (AvgIpc) is 2.76. The van der Waals surface area contributed by atoms with Crippen LogP contribution in [-0.4, -0.2) is 45.3 Å². The molecule has 22 heavy (non-hydrogen) atoms. The minimum atomic E-state index is 0.0358. The van der Waals surface area contributed by atoms with Crippen molar-refractivity contribution in [2.45, 2.75) is 47.1 Å². The number of hydrogen-bond donors (Lipinski definition) is 1. The topological polar surface area (TPSA) is 63.1 Å². The summed E-state index contributed by atoms with van der Waals surface area (Å²) in [7, 11) is 0. The third-order valence-electron chi connectivity index (χ3n) is 3.96. The van der Waals surface area contributed by atoms with E-state index >= 15 is 0 Å². The molecule has 2 rings (SSSR count). The number of nitrogens with one attached hydrogen (secondary N) is 1. The summed E-state index contributed by atoms with van der Waals surface area (Å²) in [6, 6.07) is 0.0358. The number of rotatable bonds is 4. The number of aromatic nitrogens is 3. The van der Waals surface area contributed by atoms with Crippen molar-refractivity contribution < 1.29 is 4.79 Å². The van der Waals surface area contributed by atoms with E-state index in [2.05, 4.69) is 15.4 Å². The number of piperidine rings is 1. The second-order valence-corrected chi connectivity index (χ2v) is 6.31. The van der Waals surface area contributed by atoms with Crippen LogP contribution in [0.2, 0.25) is 0 Å². The van der Waals surface area contributed by atoms with Crippen molar-refractivity contribution in [3.05, 3.63) is 23.3 Å². The fourth-order valence-electron chi connectivity index (χ4n) is 2.83. The fourth-order valence-corrected chi connectivity index (χ4v) is 2.83. The molecule has 1 atom stereocenters. The van der Waals surface area contributed by atoms with E-state index in [1.807, 2.05) is 43.4 Å². The lowest BCUT2D eigenvalue weighted by atomic mass is 9.98. The van der Waals surface area contributed by atoms with Gasteiger partial charge in [0.15, 0.2) is 0 Å². The van der Waals surface area contributed by atoms with Crippen molar-refractivity contribution in [2.75, 3.05) is 19.6 Å². The van der Waals surface area contributed by atoms with E-state index in [1.54, 1.807) is 0 Å². The normalized spacial score (nSPS) is 18.2. The van der Waals surface area contributed by atoms with Crippen LogP contribution in [0.1, 0.15) is 38.3 Å². The highest BCUT2D eigenvalue weighted by molar-refractivity contribution is 5.74. The van der Waals surface area contributed by atoms with Gasteiger partial charge in [0, 0.05) is 26.2 Å². The summed E-state index contributed by atoms with van der Waals surface area (Å²) in [5, 5.41) is 7.38. The van der Waals surface area contributed by atoms with Crippen LogP contribution >= 0.6 is 0 Å². The number of amides is 2. The summed E-state index contributed by atoms with van der Waals surface area (Å²) >= 11 is 0. The zero-order chi connectivity index (χ0) is 16.1. The summed E-state index contributed by atoms with van der Waals surface area (Å²) in [5.74, 6) is 2.20. The van der Waals surface area contributed by atoms with Gasteiger partial charge in [-0.2, -0.15) is 5.10 Å². The van der Waals surface area contributed by atoms with Crippen molar-refractivity contribution >= 4 is 6.03 Å². The number of hydrogen-bond acceptors (Lipinski definition) is 3. The maximum absolute atomic E-state index is 12.2. The summed E-state index contributed by atoms with van der Waals surface area (Å²) in [6.45, 7) is 11.0. The molecule has 0 aromatic carbocycles. The van der Waals surface area contributed by atoms with E-state index in [4.69, 9.17) is 0 Å². The van der Waals surface area contributed by atoms with Gasteiger partial charge in [0.05, 0.1) is 0 Å². The van der Waals surface area contributed by atoms with Crippen LogP contribution in [0.15, 0.2) is 11.6 Å². The fraction of sp³-hybridized carbons (Fsp3) is 0.688. The Morgan fingerprint density at radius 3 is 2.82 bits per heavy atom. The molecule has 1 unspecified atom stereocenters. The summed E-state index contributed by atoms with van der Waals surface area (Å²) in [5.41, 5.74) is 1.22. The first-order valence-electron chi connectivity index (χ1n) is 8.00. The second kappa shape index (κ2) is 7.42. The van der Waals surface area contributed by atoms with Gasteiger partial charge in [0.1, 0.15) is 11.6 Å². The van der Waals surface area contributed by atoms with Gasteiger partial charge in [-0.15, -0.1) is 0 Å². The Hall–Kier alpha value is -1.85. The summed E-state index contributed by atoms with van der Waals surface area (Å²) in [4.78, 5) is 18.5. The molecule has 0 saturated carbocycles. The Balaban J connectivity index is 1.87. The van der Waals surface area contributed by atoms with Crippen LogP contribution in [0.5, 0.6) is 0 Å². The molecule has 1 aromatic rings. The average molecular weight is 305 g/mol. The molecule has 1 aliphatic rings. The molecule has 1 N–H and O–H groups in total. The van der Waals surface area contributed by atoms with Crippen molar-refractivity contribution in [2.24, 2.45) is 5.92 Å². The predicted octanol–water partition coefficient (Wildman–Crippen LogP) is 2.28. The first-order valence-corrected chi connectivity index (χ1v) is 8.00. The van der Waals surface area contributed by atoms with Gasteiger partial charge < -0.3 is 10.2 Å². The van der Waals surface area contributed by atoms with Gasteiger partial charge in [0.2, 0.25) is 0 Å². The van der Waals surface area contributed by atoms with Gasteiger partial charge in [-0.05, 0) is 46.5 Å². The highest BCUT2D eigenvalue weighted by Crippen LogP contribution is 2.18. The van der Waals surface area contributed by atoms with Crippen LogP contribution in [0.3, 0.4) is 0 Å². The zero-order valence-electron chi connectivity index (χ0n) is 14.1. The Morgan fingerprint density at radius 2 is 2.18 bits per heavy atom. The number of likely N-dealkylation sites (tertiary alicyclic amines) is 1. The van der Waals surface area contributed by atoms with Gasteiger partial charge in [-0.3, -0.25) is 0 Å². The van der Waals surface area contributed by atoms with Gasteiger partial charge in [-0.1, -0.05) is 11.6 Å². The van der Waals surface area contributed by atoms with Crippen molar-refractivity contribution in [1.82, 2.24) is 25.0 Å². The van der Waals surface area contributed by atoms with Crippen molar-refractivity contribution in [1.29, 1.82) is 0 Å². The molecule has 0 spiro atoms. The van der Waals surface area contributed by atoms with Crippen LogP contribution in [0, 0.1) is 19.8 Å². The van der Waals surface area contributed by atoms with E-state index in [1.165, 1.54) is 5.57 Å². The molecule has 0 aliphatic carbocycles. The number of carbonyl (C=O) groups excluding carboxylic acids is 1. The van der Waals surface area contributed by atoms with Crippen molar-refractivity contribution in [3.63, 3.8) is 0 Å². The Bertz CT molecular complexity index is 545. The largest absolute Gasteiger partial charge is 0.335 e. The lowest BCUT2D eigenvalue weighted by Gasteiger charge is -2.32. The van der Waals surface area contributed by atoms with Crippen LogP contribution in [0.4, 0.5) is 4.79 Å².